The number of carbonyl (C=O) groups excluding carboxylic acids is 1. The molecule has 1 aliphatic heterocycles. The fraction of sp³-hybridized carbons (Fsp3) is 0.529. The fourth-order valence-corrected chi connectivity index (χ4v) is 2.95. The first-order valence-electron chi connectivity index (χ1n) is 7.98. The Morgan fingerprint density at radius 1 is 1.41 bits per heavy atom. The zero-order valence-corrected chi connectivity index (χ0v) is 13.0. The van der Waals surface area contributed by atoms with E-state index in [2.05, 4.69) is 12.2 Å². The van der Waals surface area contributed by atoms with E-state index in [0.717, 1.165) is 38.6 Å². The number of aliphatic carboxylic acids is 1. The summed E-state index contributed by atoms with van der Waals surface area (Å²) in [7, 11) is 0. The molecule has 0 spiro atoms. The molecule has 1 heterocycles. The number of nitrogens with zero attached hydrogens (tertiary/aromatic N) is 1. The summed E-state index contributed by atoms with van der Waals surface area (Å²) in [6, 6.07) is 7.44. The number of hydrogen-bond donors (Lipinski definition) is 2. The number of nitrogens with one attached hydrogen (secondary N) is 1. The molecule has 5 nitrogen and oxygen atoms in total. The highest BCUT2D eigenvalue weighted by atomic mass is 16.4. The van der Waals surface area contributed by atoms with Crippen LogP contribution in [0.15, 0.2) is 24.3 Å². The van der Waals surface area contributed by atoms with Crippen LogP contribution in [0.25, 0.3) is 0 Å². The van der Waals surface area contributed by atoms with Crippen LogP contribution in [-0.4, -0.2) is 41.0 Å². The van der Waals surface area contributed by atoms with Gasteiger partial charge in [-0.3, -0.25) is 9.59 Å². The van der Waals surface area contributed by atoms with E-state index in [1.54, 1.807) is 24.3 Å². The minimum atomic E-state index is -0.920. The van der Waals surface area contributed by atoms with Gasteiger partial charge in [-0.2, -0.15) is 0 Å². The molecule has 1 aliphatic rings. The van der Waals surface area contributed by atoms with Gasteiger partial charge in [0, 0.05) is 23.8 Å². The fourth-order valence-electron chi connectivity index (χ4n) is 2.95. The third-order valence-electron chi connectivity index (χ3n) is 4.08. The van der Waals surface area contributed by atoms with Crippen molar-refractivity contribution in [1.82, 2.24) is 4.90 Å². The summed E-state index contributed by atoms with van der Waals surface area (Å²) >= 11 is 0. The highest BCUT2D eigenvalue weighted by molar-refractivity contribution is 5.95. The van der Waals surface area contributed by atoms with Crippen LogP contribution in [0.1, 0.15) is 49.4 Å². The van der Waals surface area contributed by atoms with Crippen molar-refractivity contribution >= 4 is 17.6 Å². The molecular formula is C17H24N2O3. The van der Waals surface area contributed by atoms with Gasteiger partial charge in [-0.25, -0.2) is 0 Å². The van der Waals surface area contributed by atoms with Crippen LogP contribution < -0.4 is 5.32 Å². The maximum absolute atomic E-state index is 12.7. The Kier molecular flexibility index (Phi) is 5.81. The SMILES string of the molecule is CCCC[C@H]1CCCN1C(=O)c1cccc(NCC(=O)O)c1. The molecule has 2 rings (SSSR count). The van der Waals surface area contributed by atoms with Crippen LogP contribution in [0, 0.1) is 0 Å². The minimum absolute atomic E-state index is 0.0533. The van der Waals surface area contributed by atoms with E-state index in [1.807, 2.05) is 4.90 Å². The molecule has 1 saturated heterocycles. The molecule has 1 atom stereocenters. The van der Waals surface area contributed by atoms with Crippen molar-refractivity contribution < 1.29 is 14.7 Å². The normalized spacial score (nSPS) is 17.5. The van der Waals surface area contributed by atoms with Gasteiger partial charge in [-0.1, -0.05) is 25.8 Å². The number of amides is 1. The van der Waals surface area contributed by atoms with E-state index in [1.165, 1.54) is 0 Å². The van der Waals surface area contributed by atoms with E-state index >= 15 is 0 Å². The molecule has 0 bridgehead atoms. The number of likely N-dealkylation sites (tertiary alicyclic amines) is 1. The van der Waals surface area contributed by atoms with E-state index in [9.17, 15) is 9.59 Å². The Balaban J connectivity index is 2.05. The van der Waals surface area contributed by atoms with E-state index in [0.29, 0.717) is 17.3 Å². The molecule has 22 heavy (non-hydrogen) atoms. The molecule has 0 aliphatic carbocycles. The van der Waals surface area contributed by atoms with Crippen LogP contribution in [-0.2, 0) is 4.79 Å². The van der Waals surface area contributed by atoms with Gasteiger partial charge in [-0.05, 0) is 37.5 Å². The first-order valence-corrected chi connectivity index (χ1v) is 7.98. The molecule has 1 amide bonds. The van der Waals surface area contributed by atoms with E-state index in [-0.39, 0.29) is 12.5 Å². The molecule has 0 unspecified atom stereocenters. The summed E-state index contributed by atoms with van der Waals surface area (Å²) in [5.41, 5.74) is 1.29. The first kappa shape index (κ1) is 16.3. The summed E-state index contributed by atoms with van der Waals surface area (Å²) < 4.78 is 0. The number of carboxylic acids is 1. The smallest absolute Gasteiger partial charge is 0.322 e. The number of rotatable bonds is 7. The molecule has 0 aromatic heterocycles. The number of unbranched alkanes of at least 4 members (excludes halogenated alkanes) is 1. The zero-order valence-electron chi connectivity index (χ0n) is 13.0. The van der Waals surface area contributed by atoms with Crippen molar-refractivity contribution in [2.75, 3.05) is 18.4 Å². The third-order valence-corrected chi connectivity index (χ3v) is 4.08. The minimum Gasteiger partial charge on any atom is -0.480 e. The van der Waals surface area contributed by atoms with Gasteiger partial charge in [0.05, 0.1) is 0 Å². The number of carbonyl (C=O) groups is 2. The lowest BCUT2D eigenvalue weighted by molar-refractivity contribution is -0.134. The van der Waals surface area contributed by atoms with Crippen LogP contribution in [0.4, 0.5) is 5.69 Å². The molecule has 1 aromatic rings. The topological polar surface area (TPSA) is 69.6 Å². The number of anilines is 1. The zero-order chi connectivity index (χ0) is 15.9. The van der Waals surface area contributed by atoms with Gasteiger partial charge in [0.25, 0.3) is 5.91 Å². The van der Waals surface area contributed by atoms with Crippen LogP contribution in [0.2, 0.25) is 0 Å². The predicted molar refractivity (Wildman–Crippen MR) is 86.2 cm³/mol. The van der Waals surface area contributed by atoms with Gasteiger partial charge in [0.2, 0.25) is 0 Å². The second-order valence-corrected chi connectivity index (χ2v) is 5.76. The Morgan fingerprint density at radius 3 is 2.95 bits per heavy atom. The standard InChI is InChI=1S/C17H24N2O3/c1-2-3-8-15-9-5-10-19(15)17(22)13-6-4-7-14(11-13)18-12-16(20)21/h4,6-7,11,15,18H,2-3,5,8-10,12H2,1H3,(H,20,21)/t15-/m0/s1. The van der Waals surface area contributed by atoms with Crippen LogP contribution >= 0.6 is 0 Å². The Morgan fingerprint density at radius 2 is 2.23 bits per heavy atom. The Labute approximate surface area is 131 Å². The van der Waals surface area contributed by atoms with Crippen molar-refractivity contribution in [3.8, 4) is 0 Å². The lowest BCUT2D eigenvalue weighted by Crippen LogP contribution is -2.35. The summed E-state index contributed by atoms with van der Waals surface area (Å²) in [6.07, 6.45) is 5.51. The Bertz CT molecular complexity index is 530. The molecule has 0 saturated carbocycles. The largest absolute Gasteiger partial charge is 0.480 e. The quantitative estimate of drug-likeness (QED) is 0.812. The average molecular weight is 304 g/mol. The van der Waals surface area contributed by atoms with Crippen molar-refractivity contribution in [2.45, 2.75) is 45.1 Å². The molecule has 0 radical (unpaired) electrons. The summed E-state index contributed by atoms with van der Waals surface area (Å²) in [5, 5.41) is 11.5. The van der Waals surface area contributed by atoms with Crippen molar-refractivity contribution in [3.63, 3.8) is 0 Å². The van der Waals surface area contributed by atoms with Gasteiger partial charge < -0.3 is 15.3 Å². The summed E-state index contributed by atoms with van der Waals surface area (Å²) in [4.78, 5) is 25.3. The lowest BCUT2D eigenvalue weighted by Gasteiger charge is -2.25. The molecule has 1 fully saturated rings. The van der Waals surface area contributed by atoms with Gasteiger partial charge in [0.1, 0.15) is 6.54 Å². The van der Waals surface area contributed by atoms with Gasteiger partial charge >= 0.3 is 5.97 Å². The third kappa shape index (κ3) is 4.23. The Hall–Kier alpha value is -2.04. The highest BCUT2D eigenvalue weighted by Gasteiger charge is 2.28. The number of carboxylic acid groups (broad SMARTS) is 1. The van der Waals surface area contributed by atoms with Crippen molar-refractivity contribution in [3.05, 3.63) is 29.8 Å². The monoisotopic (exact) mass is 304 g/mol. The molecule has 2 N–H and O–H groups in total. The van der Waals surface area contributed by atoms with E-state index in [4.69, 9.17) is 5.11 Å². The second-order valence-electron chi connectivity index (χ2n) is 5.76. The molecule has 5 heteroatoms. The number of hydrogen-bond acceptors (Lipinski definition) is 3. The predicted octanol–water partition coefficient (Wildman–Crippen LogP) is 2.98. The summed E-state index contributed by atoms with van der Waals surface area (Å²) in [5.74, 6) is -0.867. The van der Waals surface area contributed by atoms with Crippen molar-refractivity contribution in [1.29, 1.82) is 0 Å². The second kappa shape index (κ2) is 7.82. The maximum atomic E-state index is 12.7. The summed E-state index contributed by atoms with van der Waals surface area (Å²) in [6.45, 7) is 2.83. The van der Waals surface area contributed by atoms with E-state index < -0.39 is 5.97 Å². The maximum Gasteiger partial charge on any atom is 0.322 e. The van der Waals surface area contributed by atoms with Crippen LogP contribution in [0.3, 0.4) is 0 Å². The average Bonchev–Trinajstić information content (AvgIpc) is 2.99. The lowest BCUT2D eigenvalue weighted by atomic mass is 10.1. The number of benzene rings is 1. The molecule has 120 valence electrons. The molecule has 1 aromatic carbocycles. The highest BCUT2D eigenvalue weighted by Crippen LogP contribution is 2.24. The van der Waals surface area contributed by atoms with Gasteiger partial charge in [0.15, 0.2) is 0 Å². The molecular weight excluding hydrogens is 280 g/mol. The first-order chi connectivity index (χ1) is 10.6. The van der Waals surface area contributed by atoms with Gasteiger partial charge in [-0.15, -0.1) is 0 Å². The van der Waals surface area contributed by atoms with Crippen LogP contribution in [0.5, 0.6) is 0 Å². The van der Waals surface area contributed by atoms with Crippen molar-refractivity contribution in [2.24, 2.45) is 0 Å².